The van der Waals surface area contributed by atoms with E-state index in [0.717, 1.165) is 0 Å². The van der Waals surface area contributed by atoms with Gasteiger partial charge < -0.3 is 14.8 Å². The first kappa shape index (κ1) is 15.0. The molecule has 8 heteroatoms. The number of aryl methyl sites for hydroxylation is 1. The fraction of sp³-hybridized carbons (Fsp3) is 0.583. The lowest BCUT2D eigenvalue weighted by molar-refractivity contribution is 0.0690. The number of nitrogens with one attached hydrogen (secondary N) is 1. The van der Waals surface area contributed by atoms with E-state index in [4.69, 9.17) is 9.84 Å². The molecule has 1 aliphatic heterocycles. The molecular weight excluding hydrogens is 284 g/mol. The zero-order valence-corrected chi connectivity index (χ0v) is 12.5. The highest BCUT2D eigenvalue weighted by molar-refractivity contribution is 7.89. The fourth-order valence-corrected chi connectivity index (χ4v) is 4.46. The molecule has 1 aromatic rings. The van der Waals surface area contributed by atoms with Gasteiger partial charge in [0.2, 0.25) is 10.0 Å². The number of carboxylic acids is 1. The highest BCUT2D eigenvalue weighted by Crippen LogP contribution is 2.29. The van der Waals surface area contributed by atoms with Gasteiger partial charge in [0, 0.05) is 31.5 Å². The van der Waals surface area contributed by atoms with E-state index in [9.17, 15) is 13.2 Å². The molecule has 0 aromatic carbocycles. The average molecular weight is 302 g/mol. The van der Waals surface area contributed by atoms with Crippen molar-refractivity contribution in [3.05, 3.63) is 17.0 Å². The SMILES string of the molecule is COC1CCN(S(=O)(=O)c2c(C)[nH]c(C(=O)O)c2C)C1. The van der Waals surface area contributed by atoms with Crippen LogP contribution in [0.1, 0.15) is 28.2 Å². The summed E-state index contributed by atoms with van der Waals surface area (Å²) in [5, 5.41) is 9.05. The van der Waals surface area contributed by atoms with E-state index in [-0.39, 0.29) is 22.3 Å². The number of sulfonamides is 1. The zero-order valence-electron chi connectivity index (χ0n) is 11.6. The largest absolute Gasteiger partial charge is 0.477 e. The molecule has 0 amide bonds. The van der Waals surface area contributed by atoms with Crippen molar-refractivity contribution < 1.29 is 23.1 Å². The smallest absolute Gasteiger partial charge is 0.352 e. The number of carbonyl (C=O) groups is 1. The Kier molecular flexibility index (Phi) is 3.90. The van der Waals surface area contributed by atoms with Crippen LogP contribution in [-0.2, 0) is 14.8 Å². The molecule has 2 heterocycles. The number of hydrogen-bond acceptors (Lipinski definition) is 4. The summed E-state index contributed by atoms with van der Waals surface area (Å²) in [6, 6.07) is 0. The number of nitrogens with zero attached hydrogens (tertiary/aromatic N) is 1. The molecule has 1 unspecified atom stereocenters. The minimum Gasteiger partial charge on any atom is -0.477 e. The number of hydrogen-bond donors (Lipinski definition) is 2. The van der Waals surface area contributed by atoms with E-state index in [2.05, 4.69) is 4.98 Å². The molecule has 0 spiro atoms. The molecule has 0 radical (unpaired) electrons. The van der Waals surface area contributed by atoms with E-state index >= 15 is 0 Å². The normalized spacial score (nSPS) is 20.4. The lowest BCUT2D eigenvalue weighted by Crippen LogP contribution is -2.30. The first-order valence-electron chi connectivity index (χ1n) is 6.24. The molecule has 1 aromatic heterocycles. The van der Waals surface area contributed by atoms with Crippen LogP contribution >= 0.6 is 0 Å². The Balaban J connectivity index is 2.43. The topological polar surface area (TPSA) is 99.7 Å². The molecule has 1 aliphatic rings. The first-order valence-corrected chi connectivity index (χ1v) is 7.68. The number of methoxy groups -OCH3 is 1. The summed E-state index contributed by atoms with van der Waals surface area (Å²) >= 11 is 0. The van der Waals surface area contributed by atoms with Gasteiger partial charge in [-0.05, 0) is 20.3 Å². The zero-order chi connectivity index (χ0) is 15.1. The lowest BCUT2D eigenvalue weighted by atomic mass is 10.2. The Morgan fingerprint density at radius 1 is 1.45 bits per heavy atom. The molecule has 1 atom stereocenters. The Morgan fingerprint density at radius 2 is 2.10 bits per heavy atom. The van der Waals surface area contributed by atoms with E-state index in [1.54, 1.807) is 14.0 Å². The van der Waals surface area contributed by atoms with Crippen molar-refractivity contribution in [2.75, 3.05) is 20.2 Å². The molecule has 1 fully saturated rings. The average Bonchev–Trinajstić information content (AvgIpc) is 2.94. The van der Waals surface area contributed by atoms with Gasteiger partial charge in [-0.25, -0.2) is 13.2 Å². The van der Waals surface area contributed by atoms with Gasteiger partial charge in [0.25, 0.3) is 0 Å². The van der Waals surface area contributed by atoms with E-state index in [1.807, 2.05) is 0 Å². The number of H-pyrrole nitrogens is 1. The summed E-state index contributed by atoms with van der Waals surface area (Å²) in [7, 11) is -2.15. The van der Waals surface area contributed by atoms with Crippen LogP contribution in [0.4, 0.5) is 0 Å². The Hall–Kier alpha value is -1.38. The molecule has 2 rings (SSSR count). The second kappa shape index (κ2) is 5.19. The maximum absolute atomic E-state index is 12.6. The van der Waals surface area contributed by atoms with Gasteiger partial charge in [0.1, 0.15) is 10.6 Å². The summed E-state index contributed by atoms with van der Waals surface area (Å²) in [6.45, 7) is 3.75. The maximum atomic E-state index is 12.6. The highest BCUT2D eigenvalue weighted by Gasteiger charge is 2.36. The van der Waals surface area contributed by atoms with E-state index in [0.29, 0.717) is 25.2 Å². The molecule has 7 nitrogen and oxygen atoms in total. The number of ether oxygens (including phenoxy) is 1. The fourth-order valence-electron chi connectivity index (χ4n) is 2.57. The van der Waals surface area contributed by atoms with Crippen molar-refractivity contribution >= 4 is 16.0 Å². The molecule has 112 valence electrons. The second-order valence-electron chi connectivity index (χ2n) is 4.89. The number of aromatic carboxylic acids is 1. The molecule has 0 saturated carbocycles. The minimum atomic E-state index is -3.70. The molecule has 2 N–H and O–H groups in total. The standard InChI is InChI=1S/C12H18N2O5S/c1-7-10(12(15)16)13-8(2)11(7)20(17,18)14-5-4-9(6-14)19-3/h9,13H,4-6H2,1-3H3,(H,15,16). The van der Waals surface area contributed by atoms with Crippen LogP contribution in [0.2, 0.25) is 0 Å². The van der Waals surface area contributed by atoms with E-state index in [1.165, 1.54) is 11.2 Å². The van der Waals surface area contributed by atoms with Crippen LogP contribution in [0.15, 0.2) is 4.90 Å². The molecule has 20 heavy (non-hydrogen) atoms. The van der Waals surface area contributed by atoms with Gasteiger partial charge in [-0.3, -0.25) is 0 Å². The summed E-state index contributed by atoms with van der Waals surface area (Å²) in [5.74, 6) is -1.16. The Morgan fingerprint density at radius 3 is 2.55 bits per heavy atom. The molecule has 1 saturated heterocycles. The second-order valence-corrected chi connectivity index (χ2v) is 6.77. The third-order valence-corrected chi connectivity index (χ3v) is 5.76. The van der Waals surface area contributed by atoms with Crippen LogP contribution < -0.4 is 0 Å². The van der Waals surface area contributed by atoms with Crippen LogP contribution in [0, 0.1) is 13.8 Å². The van der Waals surface area contributed by atoms with Gasteiger partial charge >= 0.3 is 5.97 Å². The predicted octanol–water partition coefficient (Wildman–Crippen LogP) is 0.739. The van der Waals surface area contributed by atoms with Crippen molar-refractivity contribution in [1.29, 1.82) is 0 Å². The number of rotatable bonds is 4. The van der Waals surface area contributed by atoms with Crippen molar-refractivity contribution in [2.45, 2.75) is 31.3 Å². The quantitative estimate of drug-likeness (QED) is 0.854. The third kappa shape index (κ3) is 2.34. The first-order chi connectivity index (χ1) is 9.28. The van der Waals surface area contributed by atoms with E-state index < -0.39 is 16.0 Å². The lowest BCUT2D eigenvalue weighted by Gasteiger charge is -2.16. The Labute approximate surface area is 117 Å². The molecule has 0 aliphatic carbocycles. The molecular formula is C12H18N2O5S. The van der Waals surface area contributed by atoms with Gasteiger partial charge in [-0.2, -0.15) is 4.31 Å². The van der Waals surface area contributed by atoms with Crippen molar-refractivity contribution in [3.63, 3.8) is 0 Å². The van der Waals surface area contributed by atoms with Gasteiger partial charge in [-0.1, -0.05) is 0 Å². The van der Waals surface area contributed by atoms with Crippen molar-refractivity contribution in [1.82, 2.24) is 9.29 Å². The minimum absolute atomic E-state index is 0.0617. The highest BCUT2D eigenvalue weighted by atomic mass is 32.2. The molecule has 0 bridgehead atoms. The van der Waals surface area contributed by atoms with Gasteiger partial charge in [0.15, 0.2) is 0 Å². The summed E-state index contributed by atoms with van der Waals surface area (Å²) in [4.78, 5) is 13.8. The van der Waals surface area contributed by atoms with Crippen LogP contribution in [0.25, 0.3) is 0 Å². The van der Waals surface area contributed by atoms with Crippen molar-refractivity contribution in [3.8, 4) is 0 Å². The van der Waals surface area contributed by atoms with Crippen LogP contribution in [0.3, 0.4) is 0 Å². The number of carboxylic acid groups (broad SMARTS) is 1. The van der Waals surface area contributed by atoms with Gasteiger partial charge in [0.05, 0.1) is 6.10 Å². The van der Waals surface area contributed by atoms with Gasteiger partial charge in [-0.15, -0.1) is 0 Å². The predicted molar refractivity (Wildman–Crippen MR) is 71.4 cm³/mol. The summed E-state index contributed by atoms with van der Waals surface area (Å²) < 4.78 is 31.8. The Bertz CT molecular complexity index is 635. The summed E-state index contributed by atoms with van der Waals surface area (Å²) in [6.07, 6.45) is 0.535. The summed E-state index contributed by atoms with van der Waals surface area (Å²) in [5.41, 5.74) is 0.514. The third-order valence-electron chi connectivity index (χ3n) is 3.62. The van der Waals surface area contributed by atoms with Crippen LogP contribution in [0.5, 0.6) is 0 Å². The monoisotopic (exact) mass is 302 g/mol. The number of aromatic nitrogens is 1. The number of aromatic amines is 1. The maximum Gasteiger partial charge on any atom is 0.352 e. The van der Waals surface area contributed by atoms with Crippen LogP contribution in [-0.4, -0.2) is 55.1 Å². The van der Waals surface area contributed by atoms with Crippen molar-refractivity contribution in [2.24, 2.45) is 0 Å².